The molecule has 1 aromatic rings. The van der Waals surface area contributed by atoms with E-state index in [1.54, 1.807) is 23.9 Å². The van der Waals surface area contributed by atoms with Crippen LogP contribution in [0, 0.1) is 11.8 Å². The zero-order valence-electron chi connectivity index (χ0n) is 12.8. The Hall–Kier alpha value is -1.82. The number of amides is 2. The lowest BCUT2D eigenvalue weighted by Crippen LogP contribution is -2.41. The molecule has 2 atom stereocenters. The lowest BCUT2D eigenvalue weighted by molar-refractivity contribution is -0.131. The molecule has 0 saturated carbocycles. The van der Waals surface area contributed by atoms with Gasteiger partial charge in [-0.2, -0.15) is 0 Å². The maximum atomic E-state index is 12.5. The number of carbonyl (C=O) groups excluding carboxylic acids is 2. The van der Waals surface area contributed by atoms with Crippen LogP contribution >= 0.6 is 0 Å². The summed E-state index contributed by atoms with van der Waals surface area (Å²) in [5, 5.41) is 2.87. The van der Waals surface area contributed by atoms with Crippen molar-refractivity contribution in [3.05, 3.63) is 18.0 Å². The van der Waals surface area contributed by atoms with Crippen LogP contribution in [0.4, 0.5) is 5.69 Å². The molecule has 1 fully saturated rings. The van der Waals surface area contributed by atoms with Crippen molar-refractivity contribution in [3.63, 3.8) is 0 Å². The Morgan fingerprint density at radius 3 is 2.76 bits per heavy atom. The summed E-state index contributed by atoms with van der Waals surface area (Å²) >= 11 is 0. The van der Waals surface area contributed by atoms with E-state index in [2.05, 4.69) is 19.2 Å². The van der Waals surface area contributed by atoms with Crippen LogP contribution in [0.2, 0.25) is 0 Å². The summed E-state index contributed by atoms with van der Waals surface area (Å²) < 4.78 is 7.34. The highest BCUT2D eigenvalue weighted by atomic mass is 16.5. The highest BCUT2D eigenvalue weighted by Gasteiger charge is 2.34. The van der Waals surface area contributed by atoms with Crippen molar-refractivity contribution >= 4 is 17.5 Å². The monoisotopic (exact) mass is 293 g/mol. The molecule has 6 nitrogen and oxygen atoms in total. The van der Waals surface area contributed by atoms with Gasteiger partial charge in [-0.15, -0.1) is 0 Å². The van der Waals surface area contributed by atoms with Gasteiger partial charge >= 0.3 is 0 Å². The lowest BCUT2D eigenvalue weighted by Gasteiger charge is -2.33. The number of hydrogen-bond donors (Lipinski definition) is 2. The van der Waals surface area contributed by atoms with Crippen LogP contribution in [-0.4, -0.2) is 29.1 Å². The zero-order chi connectivity index (χ0) is 15.6. The molecule has 1 aromatic heterocycles. The normalized spacial score (nSPS) is 22.3. The molecule has 0 radical (unpaired) electrons. The second-order valence-electron chi connectivity index (χ2n) is 5.91. The maximum absolute atomic E-state index is 12.5. The first-order valence-corrected chi connectivity index (χ1v) is 7.28. The van der Waals surface area contributed by atoms with Crippen molar-refractivity contribution in [2.75, 3.05) is 11.9 Å². The molecule has 6 heteroatoms. The largest absolute Gasteiger partial charge is 0.377 e. The third kappa shape index (κ3) is 3.44. The fourth-order valence-corrected chi connectivity index (χ4v) is 2.85. The zero-order valence-corrected chi connectivity index (χ0v) is 12.8. The van der Waals surface area contributed by atoms with E-state index in [1.807, 2.05) is 0 Å². The predicted octanol–water partition coefficient (Wildman–Crippen LogP) is 1.51. The molecule has 116 valence electrons. The van der Waals surface area contributed by atoms with Gasteiger partial charge in [0.2, 0.25) is 5.91 Å². The molecule has 0 unspecified atom stereocenters. The Morgan fingerprint density at radius 2 is 2.19 bits per heavy atom. The molecule has 0 spiro atoms. The minimum absolute atomic E-state index is 0.0573. The van der Waals surface area contributed by atoms with Crippen LogP contribution in [0.25, 0.3) is 0 Å². The van der Waals surface area contributed by atoms with E-state index in [0.717, 1.165) is 12.8 Å². The van der Waals surface area contributed by atoms with Crippen molar-refractivity contribution in [3.8, 4) is 0 Å². The summed E-state index contributed by atoms with van der Waals surface area (Å²) in [4.78, 5) is 23.7. The van der Waals surface area contributed by atoms with Gasteiger partial charge in [-0.25, -0.2) is 0 Å². The van der Waals surface area contributed by atoms with Crippen LogP contribution in [0.15, 0.2) is 12.3 Å². The number of carbonyl (C=O) groups is 2. The van der Waals surface area contributed by atoms with Gasteiger partial charge in [0.1, 0.15) is 5.69 Å². The summed E-state index contributed by atoms with van der Waals surface area (Å²) in [6, 6.07) is 1.59. The highest BCUT2D eigenvalue weighted by Crippen LogP contribution is 2.27. The SMILES string of the molecule is CC(C)[C@H]1OCCC[C@@H]1C(=O)Nc1cc(C(N)=O)n(C)c1. The van der Waals surface area contributed by atoms with E-state index >= 15 is 0 Å². The van der Waals surface area contributed by atoms with E-state index in [1.165, 1.54) is 0 Å². The quantitative estimate of drug-likeness (QED) is 0.882. The first kappa shape index (κ1) is 15.6. The van der Waals surface area contributed by atoms with Crippen molar-refractivity contribution in [1.29, 1.82) is 0 Å². The molecule has 2 amide bonds. The molecule has 2 heterocycles. The number of nitrogens with one attached hydrogen (secondary N) is 1. The lowest BCUT2D eigenvalue weighted by atomic mass is 9.87. The molecule has 1 saturated heterocycles. The molecule has 21 heavy (non-hydrogen) atoms. The standard InChI is InChI=1S/C15H23N3O3/c1-9(2)13-11(5-4-6-21-13)15(20)17-10-7-12(14(16)19)18(3)8-10/h7-9,11,13H,4-6H2,1-3H3,(H2,16,19)(H,17,20)/t11-,13+/m0/s1. The number of ether oxygens (including phenoxy) is 1. The predicted molar refractivity (Wildman–Crippen MR) is 79.9 cm³/mol. The van der Waals surface area contributed by atoms with Crippen LogP contribution in [0.5, 0.6) is 0 Å². The second-order valence-corrected chi connectivity index (χ2v) is 5.91. The number of anilines is 1. The van der Waals surface area contributed by atoms with E-state index in [0.29, 0.717) is 18.0 Å². The second kappa shape index (κ2) is 6.30. The molecule has 1 aliphatic rings. The van der Waals surface area contributed by atoms with Gasteiger partial charge in [0.15, 0.2) is 0 Å². The van der Waals surface area contributed by atoms with E-state index in [9.17, 15) is 9.59 Å². The van der Waals surface area contributed by atoms with Gasteiger partial charge in [-0.05, 0) is 24.8 Å². The molecule has 1 aliphatic heterocycles. The fraction of sp³-hybridized carbons (Fsp3) is 0.600. The summed E-state index contributed by atoms with van der Waals surface area (Å²) in [5.74, 6) is -0.442. The Kier molecular flexibility index (Phi) is 4.67. The van der Waals surface area contributed by atoms with Crippen molar-refractivity contribution < 1.29 is 14.3 Å². The van der Waals surface area contributed by atoms with Crippen LogP contribution in [-0.2, 0) is 16.6 Å². The van der Waals surface area contributed by atoms with Gasteiger partial charge in [-0.3, -0.25) is 9.59 Å². The third-order valence-corrected chi connectivity index (χ3v) is 3.89. The van der Waals surface area contributed by atoms with Gasteiger partial charge in [0.25, 0.3) is 5.91 Å². The van der Waals surface area contributed by atoms with Gasteiger partial charge < -0.3 is 20.4 Å². The highest BCUT2D eigenvalue weighted by molar-refractivity contribution is 5.96. The molecular formula is C15H23N3O3. The molecule has 2 rings (SSSR count). The minimum atomic E-state index is -0.515. The van der Waals surface area contributed by atoms with E-state index in [4.69, 9.17) is 10.5 Å². The van der Waals surface area contributed by atoms with E-state index in [-0.39, 0.29) is 23.8 Å². The first-order valence-electron chi connectivity index (χ1n) is 7.28. The Balaban J connectivity index is 2.09. The van der Waals surface area contributed by atoms with Gasteiger partial charge in [-0.1, -0.05) is 13.8 Å². The molecular weight excluding hydrogens is 270 g/mol. The fourth-order valence-electron chi connectivity index (χ4n) is 2.85. The maximum Gasteiger partial charge on any atom is 0.265 e. The van der Waals surface area contributed by atoms with Gasteiger partial charge in [0.05, 0.1) is 17.7 Å². The Bertz CT molecular complexity index is 536. The van der Waals surface area contributed by atoms with Crippen molar-refractivity contribution in [1.82, 2.24) is 4.57 Å². The van der Waals surface area contributed by atoms with Crippen LogP contribution in [0.1, 0.15) is 37.2 Å². The number of primary amides is 1. The number of nitrogens with zero attached hydrogens (tertiary/aromatic N) is 1. The van der Waals surface area contributed by atoms with Crippen LogP contribution < -0.4 is 11.1 Å². The topological polar surface area (TPSA) is 86.3 Å². The number of aryl methyl sites for hydroxylation is 1. The van der Waals surface area contributed by atoms with Gasteiger partial charge in [0, 0.05) is 19.9 Å². The smallest absolute Gasteiger partial charge is 0.265 e. The molecule has 0 bridgehead atoms. The summed E-state index contributed by atoms with van der Waals surface area (Å²) in [7, 11) is 1.72. The van der Waals surface area contributed by atoms with Crippen molar-refractivity contribution in [2.45, 2.75) is 32.8 Å². The summed E-state index contributed by atoms with van der Waals surface area (Å²) in [5.41, 5.74) is 6.22. The average Bonchev–Trinajstić information content (AvgIpc) is 2.79. The number of hydrogen-bond acceptors (Lipinski definition) is 3. The third-order valence-electron chi connectivity index (χ3n) is 3.89. The molecule has 0 aliphatic carbocycles. The number of rotatable bonds is 4. The Morgan fingerprint density at radius 1 is 1.48 bits per heavy atom. The van der Waals surface area contributed by atoms with Crippen molar-refractivity contribution in [2.24, 2.45) is 24.6 Å². The molecule has 0 aromatic carbocycles. The summed E-state index contributed by atoms with van der Waals surface area (Å²) in [6.07, 6.45) is 3.34. The first-order chi connectivity index (χ1) is 9.90. The number of nitrogens with two attached hydrogens (primary N) is 1. The molecule has 3 N–H and O–H groups in total. The Labute approximate surface area is 124 Å². The van der Waals surface area contributed by atoms with E-state index < -0.39 is 5.91 Å². The number of aromatic nitrogens is 1. The average molecular weight is 293 g/mol. The minimum Gasteiger partial charge on any atom is -0.377 e. The van der Waals surface area contributed by atoms with Crippen LogP contribution in [0.3, 0.4) is 0 Å². The summed E-state index contributed by atoms with van der Waals surface area (Å²) in [6.45, 7) is 4.83.